The molecule has 0 aromatic heterocycles. The van der Waals surface area contributed by atoms with Gasteiger partial charge in [-0.3, -0.25) is 14.6 Å². The van der Waals surface area contributed by atoms with E-state index in [0.29, 0.717) is 12.5 Å². The van der Waals surface area contributed by atoms with Crippen LogP contribution in [0.15, 0.2) is 0 Å². The maximum absolute atomic E-state index is 11.5. The summed E-state index contributed by atoms with van der Waals surface area (Å²) in [7, 11) is 1.47. The number of piperazine rings is 1. The Morgan fingerprint density at radius 1 is 0.967 bits per heavy atom. The quantitative estimate of drug-likeness (QED) is 0.553. The van der Waals surface area contributed by atoms with E-state index < -0.39 is 0 Å². The Kier molecular flexibility index (Phi) is 16.0. The van der Waals surface area contributed by atoms with Crippen molar-refractivity contribution in [3.05, 3.63) is 0 Å². The summed E-state index contributed by atoms with van der Waals surface area (Å²) in [5.41, 5.74) is 0. The summed E-state index contributed by atoms with van der Waals surface area (Å²) in [4.78, 5) is 16.6. The first-order valence-corrected chi connectivity index (χ1v) is 11.0. The minimum absolute atomic E-state index is 0. The molecule has 1 aliphatic carbocycles. The molecule has 180 valence electrons. The SMILES string of the molecule is COC(=O)CC(C)N1CCN(C2CCC(OCC3CCNCC3)CC2)CC1.Cl.Cl.Cl. The van der Waals surface area contributed by atoms with Crippen LogP contribution in [0.25, 0.3) is 0 Å². The highest BCUT2D eigenvalue weighted by atomic mass is 35.5. The Morgan fingerprint density at radius 3 is 2.13 bits per heavy atom. The lowest BCUT2D eigenvalue weighted by Crippen LogP contribution is -2.53. The standard InChI is InChI=1S/C21H39N3O3.3ClH/c1-17(15-21(25)26-2)23-11-13-24(14-12-23)19-3-5-20(6-4-19)27-16-18-7-9-22-10-8-18;;;/h17-20,22H,3-16H2,1-2H3;3*1H. The third kappa shape index (κ3) is 9.35. The molecule has 2 aliphatic heterocycles. The molecule has 1 N–H and O–H groups in total. The number of rotatable bonds is 7. The van der Waals surface area contributed by atoms with Crippen molar-refractivity contribution in [3.8, 4) is 0 Å². The number of carbonyl (C=O) groups is 1. The molecule has 1 saturated carbocycles. The van der Waals surface area contributed by atoms with Gasteiger partial charge in [0, 0.05) is 44.9 Å². The van der Waals surface area contributed by atoms with Crippen LogP contribution in [-0.4, -0.2) is 86.9 Å². The highest BCUT2D eigenvalue weighted by molar-refractivity contribution is 5.86. The van der Waals surface area contributed by atoms with Crippen molar-refractivity contribution in [1.82, 2.24) is 15.1 Å². The van der Waals surface area contributed by atoms with E-state index in [4.69, 9.17) is 9.47 Å². The molecule has 0 radical (unpaired) electrons. The highest BCUT2D eigenvalue weighted by Crippen LogP contribution is 2.27. The number of methoxy groups -OCH3 is 1. The number of hydrogen-bond acceptors (Lipinski definition) is 6. The van der Waals surface area contributed by atoms with Crippen LogP contribution in [0.3, 0.4) is 0 Å². The minimum Gasteiger partial charge on any atom is -0.469 e. The van der Waals surface area contributed by atoms with E-state index in [2.05, 4.69) is 22.0 Å². The van der Waals surface area contributed by atoms with Crippen LogP contribution >= 0.6 is 37.2 Å². The predicted octanol–water partition coefficient (Wildman–Crippen LogP) is 3.15. The molecule has 2 heterocycles. The van der Waals surface area contributed by atoms with Crippen LogP contribution in [0.5, 0.6) is 0 Å². The summed E-state index contributed by atoms with van der Waals surface area (Å²) < 4.78 is 11.1. The molecule has 0 aromatic rings. The van der Waals surface area contributed by atoms with E-state index in [1.165, 1.54) is 45.6 Å². The molecular weight excluding hydrogens is 449 g/mol. The molecule has 3 aliphatic rings. The molecule has 9 heteroatoms. The van der Waals surface area contributed by atoms with Crippen molar-refractivity contribution in [2.45, 2.75) is 70.1 Å². The van der Waals surface area contributed by atoms with Gasteiger partial charge < -0.3 is 14.8 Å². The maximum atomic E-state index is 11.5. The second kappa shape index (κ2) is 15.9. The van der Waals surface area contributed by atoms with E-state index in [1.807, 2.05) is 0 Å². The number of carbonyl (C=O) groups excluding carboxylic acids is 1. The van der Waals surface area contributed by atoms with Crippen LogP contribution in [0.2, 0.25) is 0 Å². The first-order valence-electron chi connectivity index (χ1n) is 11.0. The first kappa shape index (κ1) is 30.2. The lowest BCUT2D eigenvalue weighted by atomic mass is 9.91. The molecule has 1 unspecified atom stereocenters. The Labute approximate surface area is 201 Å². The van der Waals surface area contributed by atoms with Gasteiger partial charge in [-0.25, -0.2) is 0 Å². The summed E-state index contributed by atoms with van der Waals surface area (Å²) in [5, 5.41) is 3.43. The molecule has 6 nitrogen and oxygen atoms in total. The van der Waals surface area contributed by atoms with Crippen molar-refractivity contribution in [1.29, 1.82) is 0 Å². The summed E-state index contributed by atoms with van der Waals surface area (Å²) in [6.45, 7) is 9.78. The van der Waals surface area contributed by atoms with Crippen molar-refractivity contribution >= 4 is 43.2 Å². The van der Waals surface area contributed by atoms with Gasteiger partial charge in [-0.15, -0.1) is 37.2 Å². The Balaban J connectivity index is 0.00000280. The van der Waals surface area contributed by atoms with Crippen LogP contribution in [0.1, 0.15) is 51.9 Å². The van der Waals surface area contributed by atoms with Gasteiger partial charge >= 0.3 is 5.97 Å². The van der Waals surface area contributed by atoms with Gasteiger partial charge in [0.05, 0.1) is 19.6 Å². The van der Waals surface area contributed by atoms with E-state index in [0.717, 1.165) is 57.8 Å². The van der Waals surface area contributed by atoms with Crippen molar-refractivity contribution < 1.29 is 14.3 Å². The Morgan fingerprint density at radius 2 is 1.57 bits per heavy atom. The van der Waals surface area contributed by atoms with E-state index in [9.17, 15) is 4.79 Å². The third-order valence-electron chi connectivity index (χ3n) is 6.85. The number of halogens is 3. The zero-order valence-electron chi connectivity index (χ0n) is 18.6. The van der Waals surface area contributed by atoms with Crippen molar-refractivity contribution in [2.24, 2.45) is 5.92 Å². The van der Waals surface area contributed by atoms with Gasteiger partial charge in [0.1, 0.15) is 0 Å². The molecule has 1 atom stereocenters. The topological polar surface area (TPSA) is 54.0 Å². The molecule has 0 bridgehead atoms. The summed E-state index contributed by atoms with van der Waals surface area (Å²) in [5.74, 6) is 0.664. The van der Waals surface area contributed by atoms with Crippen LogP contribution in [0.4, 0.5) is 0 Å². The average Bonchev–Trinajstić information content (AvgIpc) is 2.73. The molecule has 30 heavy (non-hydrogen) atoms. The maximum Gasteiger partial charge on any atom is 0.307 e. The molecule has 3 rings (SSSR count). The first-order chi connectivity index (χ1) is 13.2. The summed E-state index contributed by atoms with van der Waals surface area (Å²) in [6.07, 6.45) is 8.50. The van der Waals surface area contributed by atoms with E-state index in [1.54, 1.807) is 0 Å². The lowest BCUT2D eigenvalue weighted by molar-refractivity contribution is -0.142. The molecule has 0 spiro atoms. The zero-order valence-corrected chi connectivity index (χ0v) is 21.0. The van der Waals surface area contributed by atoms with E-state index >= 15 is 0 Å². The second-order valence-electron chi connectivity index (χ2n) is 8.66. The van der Waals surface area contributed by atoms with Crippen molar-refractivity contribution in [2.75, 3.05) is 53.0 Å². The molecular formula is C21H42Cl3N3O3. The molecule has 3 fully saturated rings. The Bertz CT molecular complexity index is 454. The van der Waals surface area contributed by atoms with Gasteiger partial charge in [0.25, 0.3) is 0 Å². The summed E-state index contributed by atoms with van der Waals surface area (Å²) in [6, 6.07) is 1.00. The average molecular weight is 491 g/mol. The number of esters is 1. The fourth-order valence-electron chi connectivity index (χ4n) is 4.89. The van der Waals surface area contributed by atoms with Crippen LogP contribution in [-0.2, 0) is 14.3 Å². The second-order valence-corrected chi connectivity index (χ2v) is 8.66. The minimum atomic E-state index is -0.104. The van der Waals surface area contributed by atoms with Gasteiger partial charge in [0.15, 0.2) is 0 Å². The smallest absolute Gasteiger partial charge is 0.307 e. The largest absolute Gasteiger partial charge is 0.469 e. The predicted molar refractivity (Wildman–Crippen MR) is 129 cm³/mol. The zero-order chi connectivity index (χ0) is 19.1. The highest BCUT2D eigenvalue weighted by Gasteiger charge is 2.30. The summed E-state index contributed by atoms with van der Waals surface area (Å²) >= 11 is 0. The van der Waals surface area contributed by atoms with Crippen LogP contribution in [0, 0.1) is 5.92 Å². The fraction of sp³-hybridized carbons (Fsp3) is 0.952. The third-order valence-corrected chi connectivity index (χ3v) is 6.85. The number of piperidine rings is 1. The van der Waals surface area contributed by atoms with Gasteiger partial charge in [-0.05, 0) is 64.5 Å². The number of hydrogen-bond donors (Lipinski definition) is 1. The normalized spacial score (nSPS) is 27.1. The molecule has 0 aromatic carbocycles. The Hall–Kier alpha value is 0.180. The van der Waals surface area contributed by atoms with E-state index in [-0.39, 0.29) is 49.2 Å². The van der Waals surface area contributed by atoms with Crippen molar-refractivity contribution in [3.63, 3.8) is 0 Å². The monoisotopic (exact) mass is 489 g/mol. The van der Waals surface area contributed by atoms with Crippen LogP contribution < -0.4 is 5.32 Å². The number of ether oxygens (including phenoxy) is 2. The lowest BCUT2D eigenvalue weighted by Gasteiger charge is -2.43. The molecule has 2 saturated heterocycles. The fourth-order valence-corrected chi connectivity index (χ4v) is 4.89. The number of nitrogens with zero attached hydrogens (tertiary/aromatic N) is 2. The van der Waals surface area contributed by atoms with Gasteiger partial charge in [-0.1, -0.05) is 0 Å². The van der Waals surface area contributed by atoms with Gasteiger partial charge in [0.2, 0.25) is 0 Å². The molecule has 0 amide bonds. The number of nitrogens with one attached hydrogen (secondary N) is 1. The van der Waals surface area contributed by atoms with Gasteiger partial charge in [-0.2, -0.15) is 0 Å².